The normalized spacial score (nSPS) is 19.2. The summed E-state index contributed by atoms with van der Waals surface area (Å²) in [6, 6.07) is 7.56. The van der Waals surface area contributed by atoms with Crippen molar-refractivity contribution in [3.8, 4) is 5.75 Å². The van der Waals surface area contributed by atoms with Crippen LogP contribution >= 0.6 is 0 Å². The molecule has 17 heavy (non-hydrogen) atoms. The lowest BCUT2D eigenvalue weighted by molar-refractivity contribution is -0.141. The Morgan fingerprint density at radius 3 is 2.82 bits per heavy atom. The minimum Gasteiger partial charge on any atom is -0.495 e. The fourth-order valence-electron chi connectivity index (χ4n) is 2.30. The maximum atomic E-state index is 11.7. The molecule has 1 aromatic rings. The summed E-state index contributed by atoms with van der Waals surface area (Å²) in [7, 11) is 3.07. The van der Waals surface area contributed by atoms with Gasteiger partial charge in [-0.1, -0.05) is 12.1 Å². The van der Waals surface area contributed by atoms with E-state index in [1.165, 1.54) is 7.11 Å². The molecule has 1 fully saturated rings. The van der Waals surface area contributed by atoms with Crippen molar-refractivity contribution in [3.63, 3.8) is 0 Å². The Morgan fingerprint density at radius 2 is 2.12 bits per heavy atom. The molecule has 0 saturated carbocycles. The highest BCUT2D eigenvalue weighted by Crippen LogP contribution is 2.33. The Bertz CT molecular complexity index is 405. The lowest BCUT2D eigenvalue weighted by Gasteiger charge is -2.26. The van der Waals surface area contributed by atoms with Crippen molar-refractivity contribution in [1.82, 2.24) is 0 Å². The molecule has 1 aliphatic heterocycles. The summed E-state index contributed by atoms with van der Waals surface area (Å²) >= 11 is 0. The van der Waals surface area contributed by atoms with Crippen molar-refractivity contribution >= 4 is 11.7 Å². The minimum atomic E-state index is -0.184. The van der Waals surface area contributed by atoms with Gasteiger partial charge in [0, 0.05) is 6.54 Å². The Labute approximate surface area is 101 Å². The first-order valence-electron chi connectivity index (χ1n) is 5.75. The van der Waals surface area contributed by atoms with E-state index < -0.39 is 0 Å². The highest BCUT2D eigenvalue weighted by molar-refractivity contribution is 5.81. The molecule has 92 valence electrons. The number of ether oxygens (including phenoxy) is 2. The summed E-state index contributed by atoms with van der Waals surface area (Å²) in [6.07, 6.45) is 1.84. The summed E-state index contributed by atoms with van der Waals surface area (Å²) in [6.45, 7) is 0.861. The predicted molar refractivity (Wildman–Crippen MR) is 65.4 cm³/mol. The maximum Gasteiger partial charge on any atom is 0.328 e. The van der Waals surface area contributed by atoms with Gasteiger partial charge in [0.25, 0.3) is 0 Å². The van der Waals surface area contributed by atoms with Crippen molar-refractivity contribution in [2.75, 3.05) is 25.7 Å². The molecule has 0 aliphatic carbocycles. The minimum absolute atomic E-state index is 0.173. The Balaban J connectivity index is 2.29. The maximum absolute atomic E-state index is 11.7. The number of carbonyl (C=O) groups is 1. The van der Waals surface area contributed by atoms with Crippen molar-refractivity contribution in [1.29, 1.82) is 0 Å². The zero-order valence-electron chi connectivity index (χ0n) is 10.2. The van der Waals surface area contributed by atoms with E-state index in [1.54, 1.807) is 7.11 Å². The third-order valence-electron chi connectivity index (χ3n) is 3.12. The third-order valence-corrected chi connectivity index (χ3v) is 3.12. The Morgan fingerprint density at radius 1 is 1.35 bits per heavy atom. The van der Waals surface area contributed by atoms with E-state index in [1.807, 2.05) is 24.3 Å². The van der Waals surface area contributed by atoms with Gasteiger partial charge < -0.3 is 14.4 Å². The molecule has 1 unspecified atom stereocenters. The average Bonchev–Trinajstić information content (AvgIpc) is 2.86. The molecule has 0 aromatic heterocycles. The zero-order valence-corrected chi connectivity index (χ0v) is 10.2. The second-order valence-electron chi connectivity index (χ2n) is 4.05. The number of para-hydroxylation sites is 2. The van der Waals surface area contributed by atoms with E-state index in [-0.39, 0.29) is 12.0 Å². The lowest BCUT2D eigenvalue weighted by Crippen LogP contribution is -2.37. The van der Waals surface area contributed by atoms with Gasteiger partial charge >= 0.3 is 5.97 Å². The van der Waals surface area contributed by atoms with Crippen molar-refractivity contribution < 1.29 is 14.3 Å². The molecule has 4 heteroatoms. The molecule has 0 spiro atoms. The van der Waals surface area contributed by atoms with E-state index >= 15 is 0 Å². The first-order valence-corrected chi connectivity index (χ1v) is 5.75. The smallest absolute Gasteiger partial charge is 0.328 e. The third kappa shape index (κ3) is 2.20. The number of hydrogen-bond acceptors (Lipinski definition) is 4. The fourth-order valence-corrected chi connectivity index (χ4v) is 2.30. The average molecular weight is 235 g/mol. The van der Waals surface area contributed by atoms with Gasteiger partial charge in [-0.05, 0) is 25.0 Å². The summed E-state index contributed by atoms with van der Waals surface area (Å²) in [4.78, 5) is 13.8. The predicted octanol–water partition coefficient (Wildman–Crippen LogP) is 1.84. The molecule has 1 aliphatic rings. The second-order valence-corrected chi connectivity index (χ2v) is 4.05. The largest absolute Gasteiger partial charge is 0.495 e. The number of esters is 1. The van der Waals surface area contributed by atoms with Crippen LogP contribution in [0.25, 0.3) is 0 Å². The highest BCUT2D eigenvalue weighted by Gasteiger charge is 2.32. The number of hydrogen-bond donors (Lipinski definition) is 0. The van der Waals surface area contributed by atoms with E-state index in [4.69, 9.17) is 9.47 Å². The van der Waals surface area contributed by atoms with Crippen LogP contribution in [0.5, 0.6) is 5.75 Å². The number of carbonyl (C=O) groups excluding carboxylic acids is 1. The molecule has 0 amide bonds. The van der Waals surface area contributed by atoms with E-state index in [0.717, 1.165) is 30.8 Å². The van der Waals surface area contributed by atoms with Gasteiger partial charge in [-0.3, -0.25) is 0 Å². The van der Waals surface area contributed by atoms with E-state index in [9.17, 15) is 4.79 Å². The molecule has 0 bridgehead atoms. The van der Waals surface area contributed by atoms with Crippen molar-refractivity contribution in [2.24, 2.45) is 0 Å². The first kappa shape index (κ1) is 11.8. The number of methoxy groups -OCH3 is 2. The van der Waals surface area contributed by atoms with Crippen LogP contribution in [0.15, 0.2) is 24.3 Å². The lowest BCUT2D eigenvalue weighted by atomic mass is 10.2. The SMILES string of the molecule is COC(=O)C1CCCN1c1ccccc1OC. The monoisotopic (exact) mass is 235 g/mol. The van der Waals surface area contributed by atoms with E-state index in [2.05, 4.69) is 4.90 Å². The van der Waals surface area contributed by atoms with Gasteiger partial charge in [0.15, 0.2) is 0 Å². The topological polar surface area (TPSA) is 38.8 Å². The summed E-state index contributed by atoms with van der Waals surface area (Å²) < 4.78 is 10.2. The van der Waals surface area contributed by atoms with Crippen LogP contribution in [0, 0.1) is 0 Å². The number of benzene rings is 1. The molecule has 1 atom stereocenters. The van der Waals surface area contributed by atoms with Crippen molar-refractivity contribution in [3.05, 3.63) is 24.3 Å². The van der Waals surface area contributed by atoms with Gasteiger partial charge in [0.05, 0.1) is 19.9 Å². The number of nitrogens with zero attached hydrogens (tertiary/aromatic N) is 1. The van der Waals surface area contributed by atoms with Crippen LogP contribution in [-0.4, -0.2) is 32.8 Å². The van der Waals surface area contributed by atoms with Crippen LogP contribution in [0.1, 0.15) is 12.8 Å². The molecular formula is C13H17NO3. The zero-order chi connectivity index (χ0) is 12.3. The van der Waals surface area contributed by atoms with Gasteiger partial charge in [-0.25, -0.2) is 4.79 Å². The molecule has 2 rings (SSSR count). The molecular weight excluding hydrogens is 218 g/mol. The highest BCUT2D eigenvalue weighted by atomic mass is 16.5. The standard InChI is InChI=1S/C13H17NO3/c1-16-12-8-4-3-6-10(12)14-9-5-7-11(14)13(15)17-2/h3-4,6,8,11H,5,7,9H2,1-2H3. The summed E-state index contributed by atoms with van der Waals surface area (Å²) in [5.74, 6) is 0.622. The van der Waals surface area contributed by atoms with Crippen LogP contribution in [-0.2, 0) is 9.53 Å². The van der Waals surface area contributed by atoms with Gasteiger partial charge in [-0.15, -0.1) is 0 Å². The van der Waals surface area contributed by atoms with Crippen molar-refractivity contribution in [2.45, 2.75) is 18.9 Å². The molecule has 1 aromatic carbocycles. The number of rotatable bonds is 3. The van der Waals surface area contributed by atoms with Gasteiger partial charge in [-0.2, -0.15) is 0 Å². The van der Waals surface area contributed by atoms with E-state index in [0.29, 0.717) is 0 Å². The molecule has 4 nitrogen and oxygen atoms in total. The summed E-state index contributed by atoms with van der Waals surface area (Å²) in [5.41, 5.74) is 0.961. The molecule has 1 saturated heterocycles. The molecule has 1 heterocycles. The summed E-state index contributed by atoms with van der Waals surface area (Å²) in [5, 5.41) is 0. The van der Waals surface area contributed by atoms with Crippen LogP contribution < -0.4 is 9.64 Å². The molecule has 0 N–H and O–H groups in total. The first-order chi connectivity index (χ1) is 8.27. The quantitative estimate of drug-likeness (QED) is 0.749. The van der Waals surface area contributed by atoms with Gasteiger partial charge in [0.2, 0.25) is 0 Å². The van der Waals surface area contributed by atoms with Crippen LogP contribution in [0.3, 0.4) is 0 Å². The fraction of sp³-hybridized carbons (Fsp3) is 0.462. The van der Waals surface area contributed by atoms with Gasteiger partial charge in [0.1, 0.15) is 11.8 Å². The Kier molecular flexibility index (Phi) is 3.52. The Hall–Kier alpha value is -1.71. The second kappa shape index (κ2) is 5.08. The van der Waals surface area contributed by atoms with Crippen LogP contribution in [0.4, 0.5) is 5.69 Å². The van der Waals surface area contributed by atoms with Crippen LogP contribution in [0.2, 0.25) is 0 Å². The number of anilines is 1. The molecule has 0 radical (unpaired) electrons.